The molecule has 2 bridgehead atoms. The van der Waals surface area contributed by atoms with Gasteiger partial charge in [-0.25, -0.2) is 0 Å². The molecule has 2 aliphatic heterocycles. The van der Waals surface area contributed by atoms with Crippen molar-refractivity contribution < 1.29 is 14.6 Å². The minimum atomic E-state index is -0.367. The van der Waals surface area contributed by atoms with Gasteiger partial charge in [0.15, 0.2) is 23.4 Å². The van der Waals surface area contributed by atoms with E-state index < -0.39 is 0 Å². The fraction of sp³-hybridized carbons (Fsp3) is 0.562. The lowest BCUT2D eigenvalue weighted by Gasteiger charge is -2.54. The van der Waals surface area contributed by atoms with Crippen molar-refractivity contribution in [2.24, 2.45) is 5.92 Å². The number of rotatable bonds is 0. The highest BCUT2D eigenvalue weighted by Crippen LogP contribution is 2.61. The van der Waals surface area contributed by atoms with Crippen molar-refractivity contribution in [1.29, 1.82) is 0 Å². The Morgan fingerprint density at radius 2 is 2.30 bits per heavy atom. The van der Waals surface area contributed by atoms with Gasteiger partial charge in [0.05, 0.1) is 0 Å². The van der Waals surface area contributed by atoms with Crippen molar-refractivity contribution in [2.45, 2.75) is 43.2 Å². The SMILES string of the molecule is O=C1CC[C@H]2C3Cc4ccc(O)c5c4C2(CCN3)[C@H]1O5. The molecule has 5 rings (SSSR count). The van der Waals surface area contributed by atoms with E-state index in [1.165, 1.54) is 5.56 Å². The first-order valence-corrected chi connectivity index (χ1v) is 7.50. The van der Waals surface area contributed by atoms with Crippen molar-refractivity contribution >= 4 is 5.78 Å². The molecule has 2 unspecified atom stereocenters. The van der Waals surface area contributed by atoms with Crippen LogP contribution in [0.15, 0.2) is 12.1 Å². The lowest BCUT2D eigenvalue weighted by Crippen LogP contribution is -2.65. The summed E-state index contributed by atoms with van der Waals surface area (Å²) in [5.41, 5.74) is 2.23. The van der Waals surface area contributed by atoms with Gasteiger partial charge in [0, 0.05) is 23.4 Å². The van der Waals surface area contributed by atoms with E-state index in [0.29, 0.717) is 24.1 Å². The summed E-state index contributed by atoms with van der Waals surface area (Å²) in [5.74, 6) is 1.46. The lowest BCUT2D eigenvalue weighted by molar-refractivity contribution is -0.135. The van der Waals surface area contributed by atoms with Gasteiger partial charge >= 0.3 is 0 Å². The molecule has 1 aromatic carbocycles. The van der Waals surface area contributed by atoms with E-state index >= 15 is 0 Å². The molecule has 2 N–H and O–H groups in total. The second-order valence-electron chi connectivity index (χ2n) is 6.61. The highest BCUT2D eigenvalue weighted by atomic mass is 16.5. The average Bonchev–Trinajstić information content (AvgIpc) is 2.78. The van der Waals surface area contributed by atoms with Crippen LogP contribution in [0.1, 0.15) is 30.4 Å². The molecule has 2 fully saturated rings. The summed E-state index contributed by atoms with van der Waals surface area (Å²) in [6.45, 7) is 0.933. The molecule has 4 aliphatic rings. The standard InChI is InChI=1S/C16H17NO3/c18-11-3-1-8-7-10-9-2-4-12(19)15-16(9,5-6-17-10)13(8)14(11)20-15/h1,3,9-10,15,17-18H,2,4-7H2/t9-,10?,15-,16?/m0/s1. The second kappa shape index (κ2) is 3.37. The molecular weight excluding hydrogens is 254 g/mol. The monoisotopic (exact) mass is 271 g/mol. The predicted octanol–water partition coefficient (Wildman–Crippen LogP) is 1.29. The molecule has 20 heavy (non-hydrogen) atoms. The van der Waals surface area contributed by atoms with Crippen molar-refractivity contribution in [1.82, 2.24) is 5.32 Å². The number of ether oxygens (including phenoxy) is 1. The summed E-state index contributed by atoms with van der Waals surface area (Å²) in [7, 11) is 0. The van der Waals surface area contributed by atoms with Crippen LogP contribution in [0.5, 0.6) is 11.5 Å². The molecular formula is C16H17NO3. The molecule has 2 heterocycles. The van der Waals surface area contributed by atoms with Crippen LogP contribution in [0, 0.1) is 5.92 Å². The van der Waals surface area contributed by atoms with Gasteiger partial charge in [-0.1, -0.05) is 6.07 Å². The number of benzene rings is 1. The number of hydrogen-bond acceptors (Lipinski definition) is 4. The number of phenolic OH excluding ortho intramolecular Hbond substituents is 1. The van der Waals surface area contributed by atoms with Gasteiger partial charge in [0.25, 0.3) is 0 Å². The smallest absolute Gasteiger partial charge is 0.174 e. The lowest BCUT2D eigenvalue weighted by atomic mass is 9.52. The quantitative estimate of drug-likeness (QED) is 0.746. The average molecular weight is 271 g/mol. The van der Waals surface area contributed by atoms with Crippen LogP contribution >= 0.6 is 0 Å². The molecule has 4 atom stereocenters. The van der Waals surface area contributed by atoms with Crippen LogP contribution in [0.3, 0.4) is 0 Å². The Bertz CT molecular complexity index is 641. The molecule has 2 aliphatic carbocycles. The van der Waals surface area contributed by atoms with Gasteiger partial charge in [-0.05, 0) is 43.4 Å². The number of ketones is 1. The van der Waals surface area contributed by atoms with E-state index in [1.54, 1.807) is 6.07 Å². The van der Waals surface area contributed by atoms with Crippen LogP contribution < -0.4 is 10.1 Å². The third-order valence-corrected chi connectivity index (χ3v) is 5.92. The number of Topliss-reactive ketones (excluding diaryl/α,β-unsaturated/α-hetero) is 1. The largest absolute Gasteiger partial charge is 0.504 e. The van der Waals surface area contributed by atoms with Crippen molar-refractivity contribution in [3.05, 3.63) is 23.3 Å². The minimum Gasteiger partial charge on any atom is -0.504 e. The molecule has 1 saturated heterocycles. The Balaban J connectivity index is 1.85. The van der Waals surface area contributed by atoms with Crippen molar-refractivity contribution in [2.75, 3.05) is 6.54 Å². The number of phenols is 1. The summed E-state index contributed by atoms with van der Waals surface area (Å²) in [6.07, 6.45) is 3.12. The summed E-state index contributed by atoms with van der Waals surface area (Å²) < 4.78 is 5.99. The number of hydrogen-bond donors (Lipinski definition) is 2. The zero-order valence-electron chi connectivity index (χ0n) is 11.2. The van der Waals surface area contributed by atoms with Crippen LogP contribution in [-0.2, 0) is 16.6 Å². The fourth-order valence-electron chi connectivity index (χ4n) is 5.25. The molecule has 4 heteroatoms. The highest BCUT2D eigenvalue weighted by Gasteiger charge is 2.64. The molecule has 1 aromatic rings. The Morgan fingerprint density at radius 3 is 3.20 bits per heavy atom. The van der Waals surface area contributed by atoms with Gasteiger partial charge in [-0.3, -0.25) is 4.79 Å². The Hall–Kier alpha value is -1.55. The first kappa shape index (κ1) is 11.1. The van der Waals surface area contributed by atoms with E-state index in [0.717, 1.165) is 31.4 Å². The van der Waals surface area contributed by atoms with Gasteiger partial charge in [-0.15, -0.1) is 0 Å². The number of carbonyl (C=O) groups is 1. The first-order chi connectivity index (χ1) is 9.72. The van der Waals surface area contributed by atoms with E-state index in [4.69, 9.17) is 4.74 Å². The summed E-state index contributed by atoms with van der Waals surface area (Å²) in [6, 6.07) is 4.17. The third-order valence-electron chi connectivity index (χ3n) is 5.92. The number of carbonyl (C=O) groups excluding carboxylic acids is 1. The van der Waals surface area contributed by atoms with Gasteiger partial charge in [-0.2, -0.15) is 0 Å². The summed E-state index contributed by atoms with van der Waals surface area (Å²) in [5, 5.41) is 13.8. The van der Waals surface area contributed by atoms with Gasteiger partial charge in [0.1, 0.15) is 0 Å². The zero-order chi connectivity index (χ0) is 13.5. The Morgan fingerprint density at radius 1 is 1.40 bits per heavy atom. The van der Waals surface area contributed by atoms with Crippen LogP contribution in [0.25, 0.3) is 0 Å². The third kappa shape index (κ3) is 1.04. The molecule has 0 amide bonds. The first-order valence-electron chi connectivity index (χ1n) is 7.50. The zero-order valence-corrected chi connectivity index (χ0v) is 11.2. The van der Waals surface area contributed by atoms with Crippen LogP contribution in [-0.4, -0.2) is 29.6 Å². The highest BCUT2D eigenvalue weighted by molar-refractivity contribution is 5.89. The van der Waals surface area contributed by atoms with Crippen molar-refractivity contribution in [3.8, 4) is 11.5 Å². The fourth-order valence-corrected chi connectivity index (χ4v) is 5.25. The van der Waals surface area contributed by atoms with Crippen LogP contribution in [0.2, 0.25) is 0 Å². The topological polar surface area (TPSA) is 58.6 Å². The molecule has 1 spiro atoms. The number of aromatic hydroxyl groups is 1. The van der Waals surface area contributed by atoms with Crippen molar-refractivity contribution in [3.63, 3.8) is 0 Å². The maximum atomic E-state index is 12.4. The molecule has 0 radical (unpaired) electrons. The summed E-state index contributed by atoms with van der Waals surface area (Å²) in [4.78, 5) is 12.4. The van der Waals surface area contributed by atoms with Gasteiger partial charge < -0.3 is 15.2 Å². The second-order valence-corrected chi connectivity index (χ2v) is 6.61. The molecule has 4 nitrogen and oxygen atoms in total. The maximum Gasteiger partial charge on any atom is 0.174 e. The van der Waals surface area contributed by atoms with Gasteiger partial charge in [0.2, 0.25) is 0 Å². The molecule has 1 saturated carbocycles. The Labute approximate surface area is 117 Å². The van der Waals surface area contributed by atoms with E-state index in [2.05, 4.69) is 5.32 Å². The maximum absolute atomic E-state index is 12.4. The Kier molecular flexibility index (Phi) is 1.88. The van der Waals surface area contributed by atoms with E-state index in [9.17, 15) is 9.90 Å². The predicted molar refractivity (Wildman–Crippen MR) is 72.0 cm³/mol. The van der Waals surface area contributed by atoms with E-state index in [-0.39, 0.29) is 23.1 Å². The number of piperidine rings is 1. The number of nitrogens with one attached hydrogen (secondary N) is 1. The normalized spacial score (nSPS) is 40.2. The van der Waals surface area contributed by atoms with Crippen LogP contribution in [0.4, 0.5) is 0 Å². The molecule has 104 valence electrons. The minimum absolute atomic E-state index is 0.174. The summed E-state index contributed by atoms with van der Waals surface area (Å²) >= 11 is 0. The van der Waals surface area contributed by atoms with E-state index in [1.807, 2.05) is 6.07 Å². The molecule has 0 aromatic heterocycles.